The molecule has 1 aromatic heterocycles. The average molecular weight is 269 g/mol. The van der Waals surface area contributed by atoms with Gasteiger partial charge in [-0.25, -0.2) is 0 Å². The molecule has 0 saturated carbocycles. The number of nitrogens with zero attached hydrogens (tertiary/aromatic N) is 1. The van der Waals surface area contributed by atoms with E-state index in [1.807, 2.05) is 54.9 Å². The molecule has 94 valence electrons. The van der Waals surface area contributed by atoms with Gasteiger partial charge < -0.3 is 5.73 Å². The number of fused-ring (bicyclic) bond motifs is 1. The molecule has 3 heteroatoms. The summed E-state index contributed by atoms with van der Waals surface area (Å²) in [7, 11) is 0. The molecule has 0 spiro atoms. The van der Waals surface area contributed by atoms with Crippen molar-refractivity contribution >= 4 is 22.4 Å². The maximum absolute atomic E-state index is 6.35. The van der Waals surface area contributed by atoms with Gasteiger partial charge in [-0.05, 0) is 28.6 Å². The maximum atomic E-state index is 6.35. The Bertz CT molecular complexity index is 719. The van der Waals surface area contributed by atoms with Crippen LogP contribution in [0.1, 0.15) is 17.2 Å². The van der Waals surface area contributed by atoms with Crippen LogP contribution in [0.3, 0.4) is 0 Å². The van der Waals surface area contributed by atoms with E-state index >= 15 is 0 Å². The number of halogens is 1. The second kappa shape index (κ2) is 5.00. The number of rotatable bonds is 2. The minimum atomic E-state index is -0.225. The van der Waals surface area contributed by atoms with Crippen LogP contribution in [0, 0.1) is 0 Å². The number of hydrogen-bond acceptors (Lipinski definition) is 2. The van der Waals surface area contributed by atoms with E-state index in [0.29, 0.717) is 5.02 Å². The molecule has 0 aliphatic carbocycles. The third kappa shape index (κ3) is 2.33. The first-order chi connectivity index (χ1) is 9.25. The minimum Gasteiger partial charge on any atom is -0.320 e. The molecule has 2 N–H and O–H groups in total. The van der Waals surface area contributed by atoms with Gasteiger partial charge >= 0.3 is 0 Å². The molecule has 0 amide bonds. The van der Waals surface area contributed by atoms with Gasteiger partial charge in [0.2, 0.25) is 0 Å². The highest BCUT2D eigenvalue weighted by Gasteiger charge is 2.12. The summed E-state index contributed by atoms with van der Waals surface area (Å²) in [6.45, 7) is 0. The number of aromatic nitrogens is 1. The molecule has 3 aromatic rings. The van der Waals surface area contributed by atoms with Crippen LogP contribution in [0.15, 0.2) is 60.9 Å². The van der Waals surface area contributed by atoms with Crippen molar-refractivity contribution in [2.75, 3.05) is 0 Å². The van der Waals surface area contributed by atoms with Crippen molar-refractivity contribution in [3.8, 4) is 0 Å². The van der Waals surface area contributed by atoms with E-state index < -0.39 is 0 Å². The Balaban J connectivity index is 2.14. The number of nitrogens with two attached hydrogens (primary N) is 1. The Morgan fingerprint density at radius 2 is 1.84 bits per heavy atom. The standard InChI is InChI=1S/C16H13ClN2/c17-13-6-3-5-11(8-13)16(18)15-10-19-9-12-4-1-2-7-14(12)15/h1-10,16H,18H2. The highest BCUT2D eigenvalue weighted by atomic mass is 35.5. The highest BCUT2D eigenvalue weighted by molar-refractivity contribution is 6.30. The molecule has 0 aliphatic rings. The molecule has 1 atom stereocenters. The van der Waals surface area contributed by atoms with E-state index in [4.69, 9.17) is 17.3 Å². The number of pyridine rings is 1. The lowest BCUT2D eigenvalue weighted by Crippen LogP contribution is -2.12. The van der Waals surface area contributed by atoms with Gasteiger partial charge in [0.1, 0.15) is 0 Å². The predicted octanol–water partition coefficient (Wildman–Crippen LogP) is 3.94. The fourth-order valence-corrected chi connectivity index (χ4v) is 2.47. The molecule has 0 radical (unpaired) electrons. The van der Waals surface area contributed by atoms with Crippen LogP contribution in [0.25, 0.3) is 10.8 Å². The van der Waals surface area contributed by atoms with E-state index in [1.54, 1.807) is 0 Å². The first-order valence-corrected chi connectivity index (χ1v) is 6.47. The monoisotopic (exact) mass is 268 g/mol. The van der Waals surface area contributed by atoms with Crippen molar-refractivity contribution in [1.29, 1.82) is 0 Å². The van der Waals surface area contributed by atoms with Crippen molar-refractivity contribution in [2.45, 2.75) is 6.04 Å². The Morgan fingerprint density at radius 3 is 2.68 bits per heavy atom. The van der Waals surface area contributed by atoms with E-state index in [1.165, 1.54) is 0 Å². The van der Waals surface area contributed by atoms with E-state index in [-0.39, 0.29) is 6.04 Å². The smallest absolute Gasteiger partial charge is 0.0573 e. The molecule has 0 saturated heterocycles. The van der Waals surface area contributed by atoms with Gasteiger partial charge in [-0.3, -0.25) is 4.98 Å². The van der Waals surface area contributed by atoms with E-state index in [9.17, 15) is 0 Å². The van der Waals surface area contributed by atoms with Gasteiger partial charge in [0.25, 0.3) is 0 Å². The first kappa shape index (κ1) is 12.2. The van der Waals surface area contributed by atoms with Crippen molar-refractivity contribution in [1.82, 2.24) is 4.98 Å². The third-order valence-electron chi connectivity index (χ3n) is 3.24. The molecule has 2 aromatic carbocycles. The summed E-state index contributed by atoms with van der Waals surface area (Å²) in [5, 5.41) is 2.92. The van der Waals surface area contributed by atoms with Gasteiger partial charge in [0.05, 0.1) is 6.04 Å². The van der Waals surface area contributed by atoms with Gasteiger partial charge in [0.15, 0.2) is 0 Å². The largest absolute Gasteiger partial charge is 0.320 e. The van der Waals surface area contributed by atoms with Crippen LogP contribution < -0.4 is 5.73 Å². The highest BCUT2D eigenvalue weighted by Crippen LogP contribution is 2.27. The Kier molecular flexibility index (Phi) is 3.20. The molecular formula is C16H13ClN2. The zero-order chi connectivity index (χ0) is 13.2. The summed E-state index contributed by atoms with van der Waals surface area (Å²) < 4.78 is 0. The average Bonchev–Trinajstić information content (AvgIpc) is 2.46. The molecule has 2 nitrogen and oxygen atoms in total. The second-order valence-electron chi connectivity index (χ2n) is 4.48. The number of hydrogen-bond donors (Lipinski definition) is 1. The van der Waals surface area contributed by atoms with Gasteiger partial charge in [-0.2, -0.15) is 0 Å². The first-order valence-electron chi connectivity index (χ1n) is 6.09. The molecule has 3 rings (SSSR count). The van der Waals surface area contributed by atoms with Crippen LogP contribution in [0.4, 0.5) is 0 Å². The zero-order valence-corrected chi connectivity index (χ0v) is 11.0. The Morgan fingerprint density at radius 1 is 1.00 bits per heavy atom. The summed E-state index contributed by atoms with van der Waals surface area (Å²) in [6, 6.07) is 15.5. The van der Waals surface area contributed by atoms with Crippen molar-refractivity contribution in [2.24, 2.45) is 5.73 Å². The summed E-state index contributed by atoms with van der Waals surface area (Å²) in [4.78, 5) is 4.27. The van der Waals surface area contributed by atoms with Crippen LogP contribution in [0.5, 0.6) is 0 Å². The third-order valence-corrected chi connectivity index (χ3v) is 3.48. The fourth-order valence-electron chi connectivity index (χ4n) is 2.27. The molecule has 0 bridgehead atoms. The minimum absolute atomic E-state index is 0.225. The predicted molar refractivity (Wildman–Crippen MR) is 79.2 cm³/mol. The molecule has 19 heavy (non-hydrogen) atoms. The van der Waals surface area contributed by atoms with Crippen molar-refractivity contribution in [3.63, 3.8) is 0 Å². The zero-order valence-electron chi connectivity index (χ0n) is 10.3. The van der Waals surface area contributed by atoms with E-state index in [2.05, 4.69) is 11.1 Å². The van der Waals surface area contributed by atoms with Gasteiger partial charge in [0, 0.05) is 22.8 Å². The Hall–Kier alpha value is -1.90. The quantitative estimate of drug-likeness (QED) is 0.765. The fraction of sp³-hybridized carbons (Fsp3) is 0.0625. The van der Waals surface area contributed by atoms with Gasteiger partial charge in [-0.15, -0.1) is 0 Å². The second-order valence-corrected chi connectivity index (χ2v) is 4.92. The summed E-state index contributed by atoms with van der Waals surface area (Å²) in [5.41, 5.74) is 8.36. The van der Waals surface area contributed by atoms with Crippen LogP contribution in [-0.2, 0) is 0 Å². The van der Waals surface area contributed by atoms with Crippen LogP contribution in [0.2, 0.25) is 5.02 Å². The molecule has 1 heterocycles. The van der Waals surface area contributed by atoms with Crippen molar-refractivity contribution < 1.29 is 0 Å². The maximum Gasteiger partial charge on any atom is 0.0573 e. The lowest BCUT2D eigenvalue weighted by atomic mass is 9.96. The summed E-state index contributed by atoms with van der Waals surface area (Å²) in [5.74, 6) is 0. The molecular weight excluding hydrogens is 256 g/mol. The Labute approximate surface area is 116 Å². The van der Waals surface area contributed by atoms with E-state index in [0.717, 1.165) is 21.9 Å². The topological polar surface area (TPSA) is 38.9 Å². The van der Waals surface area contributed by atoms with Crippen LogP contribution >= 0.6 is 11.6 Å². The molecule has 0 fully saturated rings. The van der Waals surface area contributed by atoms with Crippen molar-refractivity contribution in [3.05, 3.63) is 77.1 Å². The lowest BCUT2D eigenvalue weighted by Gasteiger charge is -2.15. The SMILES string of the molecule is NC(c1cccc(Cl)c1)c1cncc2ccccc12. The normalized spacial score (nSPS) is 12.5. The van der Waals surface area contributed by atoms with Gasteiger partial charge in [-0.1, -0.05) is 48.0 Å². The summed E-state index contributed by atoms with van der Waals surface area (Å²) in [6.07, 6.45) is 3.68. The number of benzene rings is 2. The van der Waals surface area contributed by atoms with Crippen LogP contribution in [-0.4, -0.2) is 4.98 Å². The summed E-state index contributed by atoms with van der Waals surface area (Å²) >= 11 is 6.02. The molecule has 0 aliphatic heterocycles. The lowest BCUT2D eigenvalue weighted by molar-refractivity contribution is 0.874. The molecule has 1 unspecified atom stereocenters.